The smallest absolute Gasteiger partial charge is 0.126 e. The van der Waals surface area contributed by atoms with Gasteiger partial charge in [0.25, 0.3) is 0 Å². The molecule has 1 aromatic heterocycles. The summed E-state index contributed by atoms with van der Waals surface area (Å²) >= 11 is 3.44. The van der Waals surface area contributed by atoms with Gasteiger partial charge in [0, 0.05) is 16.7 Å². The summed E-state index contributed by atoms with van der Waals surface area (Å²) in [5, 5.41) is 3.44. The number of anilines is 1. The van der Waals surface area contributed by atoms with E-state index < -0.39 is 0 Å². The van der Waals surface area contributed by atoms with Gasteiger partial charge in [0.1, 0.15) is 5.82 Å². The summed E-state index contributed by atoms with van der Waals surface area (Å²) in [6.07, 6.45) is 2.80. The molecule has 1 aromatic rings. The average molecular weight is 286 g/mol. The van der Waals surface area contributed by atoms with Crippen LogP contribution in [0.4, 0.5) is 5.82 Å². The first-order valence-corrected chi connectivity index (χ1v) is 6.42. The van der Waals surface area contributed by atoms with E-state index >= 15 is 0 Å². The SMILES string of the molecule is Cc1cc(NC(CCN)C(C)C)ncc1Br. The monoisotopic (exact) mass is 285 g/mol. The minimum atomic E-state index is 0.387. The van der Waals surface area contributed by atoms with Crippen LogP contribution in [0.15, 0.2) is 16.7 Å². The molecule has 0 aliphatic rings. The zero-order valence-corrected chi connectivity index (χ0v) is 11.7. The van der Waals surface area contributed by atoms with Gasteiger partial charge in [-0.25, -0.2) is 4.98 Å². The molecule has 0 spiro atoms. The minimum absolute atomic E-state index is 0.387. The van der Waals surface area contributed by atoms with Crippen molar-refractivity contribution in [3.05, 3.63) is 22.3 Å². The van der Waals surface area contributed by atoms with Crippen LogP contribution in [-0.4, -0.2) is 17.6 Å². The molecule has 0 aromatic carbocycles. The van der Waals surface area contributed by atoms with Crippen molar-refractivity contribution in [2.75, 3.05) is 11.9 Å². The minimum Gasteiger partial charge on any atom is -0.367 e. The number of hydrogen-bond donors (Lipinski definition) is 2. The third-order valence-corrected chi connectivity index (χ3v) is 3.49. The second-order valence-electron chi connectivity index (χ2n) is 4.39. The first-order valence-electron chi connectivity index (χ1n) is 5.63. The van der Waals surface area contributed by atoms with E-state index in [9.17, 15) is 0 Å². The van der Waals surface area contributed by atoms with E-state index in [1.807, 2.05) is 6.20 Å². The normalized spacial score (nSPS) is 12.9. The maximum Gasteiger partial charge on any atom is 0.126 e. The lowest BCUT2D eigenvalue weighted by Crippen LogP contribution is -2.28. The summed E-state index contributed by atoms with van der Waals surface area (Å²) in [6.45, 7) is 7.15. The lowest BCUT2D eigenvalue weighted by Gasteiger charge is -2.22. The fourth-order valence-corrected chi connectivity index (χ4v) is 1.78. The summed E-state index contributed by atoms with van der Waals surface area (Å²) in [7, 11) is 0. The van der Waals surface area contributed by atoms with Crippen LogP contribution in [0.5, 0.6) is 0 Å². The molecule has 0 aliphatic heterocycles. The van der Waals surface area contributed by atoms with Crippen LogP contribution in [0.25, 0.3) is 0 Å². The second-order valence-corrected chi connectivity index (χ2v) is 5.25. The van der Waals surface area contributed by atoms with E-state index in [2.05, 4.69) is 53.1 Å². The average Bonchev–Trinajstić information content (AvgIpc) is 2.22. The third kappa shape index (κ3) is 3.76. The number of aryl methyl sites for hydroxylation is 1. The van der Waals surface area contributed by atoms with E-state index in [1.165, 1.54) is 5.56 Å². The number of hydrogen-bond acceptors (Lipinski definition) is 3. The van der Waals surface area contributed by atoms with Crippen LogP contribution in [0, 0.1) is 12.8 Å². The first-order chi connectivity index (χ1) is 7.54. The van der Waals surface area contributed by atoms with Crippen molar-refractivity contribution in [2.24, 2.45) is 11.7 Å². The molecule has 90 valence electrons. The summed E-state index contributed by atoms with van der Waals surface area (Å²) in [5.41, 5.74) is 6.79. The van der Waals surface area contributed by atoms with Crippen molar-refractivity contribution in [1.29, 1.82) is 0 Å². The van der Waals surface area contributed by atoms with Crippen LogP contribution < -0.4 is 11.1 Å². The lowest BCUT2D eigenvalue weighted by atomic mass is 10.0. The molecule has 0 amide bonds. The molecule has 3 nitrogen and oxygen atoms in total. The highest BCUT2D eigenvalue weighted by atomic mass is 79.9. The van der Waals surface area contributed by atoms with Gasteiger partial charge in [-0.3, -0.25) is 0 Å². The molecule has 1 rings (SSSR count). The number of aromatic nitrogens is 1. The molecule has 1 atom stereocenters. The third-order valence-electron chi connectivity index (χ3n) is 2.66. The zero-order chi connectivity index (χ0) is 12.1. The Balaban J connectivity index is 2.73. The number of halogens is 1. The quantitative estimate of drug-likeness (QED) is 0.875. The Kier molecular flexibility index (Phi) is 5.22. The number of nitrogens with one attached hydrogen (secondary N) is 1. The molecular weight excluding hydrogens is 266 g/mol. The summed E-state index contributed by atoms with van der Waals surface area (Å²) in [4.78, 5) is 4.34. The van der Waals surface area contributed by atoms with Crippen LogP contribution in [0.3, 0.4) is 0 Å². The van der Waals surface area contributed by atoms with Crippen LogP contribution in [-0.2, 0) is 0 Å². The highest BCUT2D eigenvalue weighted by molar-refractivity contribution is 9.10. The second kappa shape index (κ2) is 6.21. The molecule has 0 fully saturated rings. The molecular formula is C12H20BrN3. The summed E-state index contributed by atoms with van der Waals surface area (Å²) < 4.78 is 1.04. The lowest BCUT2D eigenvalue weighted by molar-refractivity contribution is 0.497. The fraction of sp³-hybridized carbons (Fsp3) is 0.583. The predicted octanol–water partition coefficient (Wildman–Crippen LogP) is 2.94. The topological polar surface area (TPSA) is 50.9 Å². The highest BCUT2D eigenvalue weighted by Gasteiger charge is 2.12. The standard InChI is InChI=1S/C12H20BrN3/c1-8(2)11(4-5-14)16-12-6-9(3)10(13)7-15-12/h6-8,11H,4-5,14H2,1-3H3,(H,15,16). The Hall–Kier alpha value is -0.610. The van der Waals surface area contributed by atoms with Gasteiger partial charge in [0.2, 0.25) is 0 Å². The molecule has 0 saturated heterocycles. The number of pyridine rings is 1. The fourth-order valence-electron chi connectivity index (χ4n) is 1.56. The van der Waals surface area contributed by atoms with E-state index in [4.69, 9.17) is 5.73 Å². The largest absolute Gasteiger partial charge is 0.367 e. The molecule has 0 radical (unpaired) electrons. The van der Waals surface area contributed by atoms with Crippen LogP contribution >= 0.6 is 15.9 Å². The van der Waals surface area contributed by atoms with E-state index in [1.54, 1.807) is 0 Å². The Morgan fingerprint density at radius 1 is 1.50 bits per heavy atom. The van der Waals surface area contributed by atoms with E-state index in [0.717, 1.165) is 16.7 Å². The zero-order valence-electron chi connectivity index (χ0n) is 10.1. The Bertz CT molecular complexity index is 339. The first kappa shape index (κ1) is 13.5. The molecule has 16 heavy (non-hydrogen) atoms. The van der Waals surface area contributed by atoms with E-state index in [-0.39, 0.29) is 0 Å². The number of nitrogens with two attached hydrogens (primary N) is 1. The molecule has 3 N–H and O–H groups in total. The van der Waals surface area contributed by atoms with Gasteiger partial charge < -0.3 is 11.1 Å². The van der Waals surface area contributed by atoms with Crippen molar-refractivity contribution in [2.45, 2.75) is 33.2 Å². The van der Waals surface area contributed by atoms with Crippen molar-refractivity contribution >= 4 is 21.7 Å². The predicted molar refractivity (Wildman–Crippen MR) is 72.6 cm³/mol. The van der Waals surface area contributed by atoms with Crippen molar-refractivity contribution in [1.82, 2.24) is 4.98 Å². The number of nitrogens with zero attached hydrogens (tertiary/aromatic N) is 1. The molecule has 0 saturated carbocycles. The van der Waals surface area contributed by atoms with Gasteiger partial charge in [-0.2, -0.15) is 0 Å². The van der Waals surface area contributed by atoms with Gasteiger partial charge in [-0.15, -0.1) is 0 Å². The van der Waals surface area contributed by atoms with Gasteiger partial charge >= 0.3 is 0 Å². The summed E-state index contributed by atoms with van der Waals surface area (Å²) in [5.74, 6) is 1.47. The van der Waals surface area contributed by atoms with E-state index in [0.29, 0.717) is 18.5 Å². The van der Waals surface area contributed by atoms with Crippen molar-refractivity contribution in [3.8, 4) is 0 Å². The van der Waals surface area contributed by atoms with Crippen LogP contribution in [0.1, 0.15) is 25.8 Å². The maximum atomic E-state index is 5.61. The molecule has 4 heteroatoms. The van der Waals surface area contributed by atoms with Crippen LogP contribution in [0.2, 0.25) is 0 Å². The Morgan fingerprint density at radius 3 is 2.69 bits per heavy atom. The van der Waals surface area contributed by atoms with Gasteiger partial charge in [0.15, 0.2) is 0 Å². The van der Waals surface area contributed by atoms with Crippen molar-refractivity contribution < 1.29 is 0 Å². The summed E-state index contributed by atoms with van der Waals surface area (Å²) in [6, 6.07) is 2.44. The molecule has 0 aliphatic carbocycles. The molecule has 1 unspecified atom stereocenters. The van der Waals surface area contributed by atoms with Crippen molar-refractivity contribution in [3.63, 3.8) is 0 Å². The van der Waals surface area contributed by atoms with Gasteiger partial charge in [-0.05, 0) is 53.4 Å². The Morgan fingerprint density at radius 2 is 2.19 bits per heavy atom. The maximum absolute atomic E-state index is 5.61. The number of rotatable bonds is 5. The molecule has 1 heterocycles. The van der Waals surface area contributed by atoms with Gasteiger partial charge in [-0.1, -0.05) is 13.8 Å². The Labute approximate surface area is 106 Å². The van der Waals surface area contributed by atoms with Gasteiger partial charge in [0.05, 0.1) is 0 Å². The molecule has 0 bridgehead atoms. The highest BCUT2D eigenvalue weighted by Crippen LogP contribution is 2.19.